The van der Waals surface area contributed by atoms with E-state index in [4.69, 9.17) is 4.74 Å². The van der Waals surface area contributed by atoms with Crippen LogP contribution in [0, 0.1) is 5.82 Å². The number of halogens is 1. The Morgan fingerprint density at radius 1 is 1.12 bits per heavy atom. The van der Waals surface area contributed by atoms with E-state index in [1.807, 2.05) is 0 Å². The molecule has 4 rings (SSSR count). The van der Waals surface area contributed by atoms with E-state index >= 15 is 0 Å². The second kappa shape index (κ2) is 8.92. The van der Waals surface area contributed by atoms with Crippen molar-refractivity contribution in [2.75, 3.05) is 13.7 Å². The van der Waals surface area contributed by atoms with Crippen molar-refractivity contribution in [3.8, 4) is 16.2 Å². The molecule has 2 heterocycles. The number of carbonyl (C=O) groups is 3. The van der Waals surface area contributed by atoms with Gasteiger partial charge in [0.1, 0.15) is 17.7 Å². The maximum Gasteiger partial charge on any atom is 0.337 e. The summed E-state index contributed by atoms with van der Waals surface area (Å²) in [5.74, 6) is -0.633. The SMILES string of the molecule is COC(=O)c1ccc(C(=O)NC[C@@H]2Cc3cc(F)cc(-c4ccc(C(C)=O)s4)c3O2)cc1. The Balaban J connectivity index is 1.44. The monoisotopic (exact) mass is 453 g/mol. The van der Waals surface area contributed by atoms with Crippen molar-refractivity contribution in [1.29, 1.82) is 0 Å². The van der Waals surface area contributed by atoms with E-state index < -0.39 is 5.97 Å². The van der Waals surface area contributed by atoms with Gasteiger partial charge in [0, 0.05) is 28.0 Å². The minimum atomic E-state index is -0.474. The van der Waals surface area contributed by atoms with Crippen LogP contribution in [0.15, 0.2) is 48.5 Å². The highest BCUT2D eigenvalue weighted by Gasteiger charge is 2.28. The summed E-state index contributed by atoms with van der Waals surface area (Å²) in [6.45, 7) is 1.72. The van der Waals surface area contributed by atoms with Crippen LogP contribution in [0.2, 0.25) is 0 Å². The number of ketones is 1. The van der Waals surface area contributed by atoms with Crippen LogP contribution in [0.25, 0.3) is 10.4 Å². The Bertz CT molecular complexity index is 1200. The average Bonchev–Trinajstić information content (AvgIpc) is 3.43. The van der Waals surface area contributed by atoms with Gasteiger partial charge in [-0.2, -0.15) is 0 Å². The number of Topliss-reactive ketones (excluding diaryl/α,β-unsaturated/α-hetero) is 1. The minimum absolute atomic E-state index is 0.0459. The van der Waals surface area contributed by atoms with E-state index in [2.05, 4.69) is 10.1 Å². The second-order valence-corrected chi connectivity index (χ2v) is 8.47. The third-order valence-corrected chi connectivity index (χ3v) is 6.36. The summed E-state index contributed by atoms with van der Waals surface area (Å²) < 4.78 is 24.9. The van der Waals surface area contributed by atoms with Gasteiger partial charge in [0.05, 0.1) is 24.1 Å². The van der Waals surface area contributed by atoms with Crippen LogP contribution < -0.4 is 10.1 Å². The van der Waals surface area contributed by atoms with E-state index in [1.54, 1.807) is 24.3 Å². The molecule has 0 bridgehead atoms. The number of ether oxygens (including phenoxy) is 2. The third-order valence-electron chi connectivity index (χ3n) is 5.14. The largest absolute Gasteiger partial charge is 0.487 e. The molecule has 1 aliphatic heterocycles. The molecule has 0 spiro atoms. The van der Waals surface area contributed by atoms with Crippen LogP contribution in [0.5, 0.6) is 5.75 Å². The first-order valence-electron chi connectivity index (χ1n) is 9.92. The number of amides is 1. The number of thiophene rings is 1. The molecule has 1 N–H and O–H groups in total. The molecule has 0 radical (unpaired) electrons. The molecular weight excluding hydrogens is 433 g/mol. The zero-order valence-electron chi connectivity index (χ0n) is 17.4. The summed E-state index contributed by atoms with van der Waals surface area (Å²) in [5.41, 5.74) is 2.08. The summed E-state index contributed by atoms with van der Waals surface area (Å²) in [4.78, 5) is 36.9. The van der Waals surface area contributed by atoms with Crippen LogP contribution in [-0.2, 0) is 11.2 Å². The van der Waals surface area contributed by atoms with Crippen LogP contribution >= 0.6 is 11.3 Å². The normalized spacial score (nSPS) is 14.4. The number of fused-ring (bicyclic) bond motifs is 1. The fraction of sp³-hybridized carbons (Fsp3) is 0.208. The maximum atomic E-state index is 14.2. The zero-order valence-corrected chi connectivity index (χ0v) is 18.3. The highest BCUT2D eigenvalue weighted by Crippen LogP contribution is 2.42. The van der Waals surface area contributed by atoms with Crippen molar-refractivity contribution in [2.45, 2.75) is 19.4 Å². The molecule has 8 heteroatoms. The van der Waals surface area contributed by atoms with Gasteiger partial charge in [-0.05, 0) is 55.5 Å². The Morgan fingerprint density at radius 2 is 1.84 bits per heavy atom. The van der Waals surface area contributed by atoms with Gasteiger partial charge in [0.25, 0.3) is 5.91 Å². The molecule has 6 nitrogen and oxygen atoms in total. The fourth-order valence-electron chi connectivity index (χ4n) is 3.55. The van der Waals surface area contributed by atoms with Crippen molar-refractivity contribution in [2.24, 2.45) is 0 Å². The minimum Gasteiger partial charge on any atom is -0.487 e. The van der Waals surface area contributed by atoms with Crippen molar-refractivity contribution < 1.29 is 28.2 Å². The molecule has 2 aromatic carbocycles. The lowest BCUT2D eigenvalue weighted by atomic mass is 10.0. The molecular formula is C24H20FNO5S. The van der Waals surface area contributed by atoms with E-state index in [0.29, 0.717) is 33.7 Å². The predicted molar refractivity (Wildman–Crippen MR) is 118 cm³/mol. The van der Waals surface area contributed by atoms with E-state index in [9.17, 15) is 18.8 Å². The first-order chi connectivity index (χ1) is 15.4. The van der Waals surface area contributed by atoms with Crippen LogP contribution in [0.4, 0.5) is 4.39 Å². The molecule has 1 atom stereocenters. The number of methoxy groups -OCH3 is 1. The Hall–Kier alpha value is -3.52. The van der Waals surface area contributed by atoms with Crippen LogP contribution in [-0.4, -0.2) is 37.4 Å². The van der Waals surface area contributed by atoms with Gasteiger partial charge in [0.15, 0.2) is 5.78 Å². The van der Waals surface area contributed by atoms with Crippen LogP contribution in [0.1, 0.15) is 42.9 Å². The summed E-state index contributed by atoms with van der Waals surface area (Å²) in [7, 11) is 1.29. The molecule has 1 aliphatic rings. The topological polar surface area (TPSA) is 81.7 Å². The smallest absolute Gasteiger partial charge is 0.337 e. The maximum absolute atomic E-state index is 14.2. The van der Waals surface area contributed by atoms with E-state index in [-0.39, 0.29) is 30.2 Å². The predicted octanol–water partition coefficient (Wildman–Crippen LogP) is 4.28. The number of carbonyl (C=O) groups excluding carboxylic acids is 3. The van der Waals surface area contributed by atoms with Crippen LogP contribution in [0.3, 0.4) is 0 Å². The highest BCUT2D eigenvalue weighted by atomic mass is 32.1. The Kier molecular flexibility index (Phi) is 6.05. The molecule has 3 aromatic rings. The lowest BCUT2D eigenvalue weighted by Crippen LogP contribution is -2.34. The lowest BCUT2D eigenvalue weighted by molar-refractivity contribution is 0.0600. The fourth-order valence-corrected chi connectivity index (χ4v) is 4.46. The quantitative estimate of drug-likeness (QED) is 0.445. The van der Waals surface area contributed by atoms with Gasteiger partial charge in [-0.25, -0.2) is 9.18 Å². The molecule has 0 saturated carbocycles. The van der Waals surface area contributed by atoms with Gasteiger partial charge in [0.2, 0.25) is 0 Å². The van der Waals surface area contributed by atoms with Crippen molar-refractivity contribution in [3.05, 3.63) is 75.9 Å². The number of nitrogens with one attached hydrogen (secondary N) is 1. The van der Waals surface area contributed by atoms with E-state index in [1.165, 1.54) is 49.6 Å². The van der Waals surface area contributed by atoms with Crippen molar-refractivity contribution in [3.63, 3.8) is 0 Å². The van der Waals surface area contributed by atoms with Crippen molar-refractivity contribution in [1.82, 2.24) is 5.32 Å². The molecule has 0 saturated heterocycles. The van der Waals surface area contributed by atoms with Gasteiger partial charge in [-0.1, -0.05) is 0 Å². The summed E-state index contributed by atoms with van der Waals surface area (Å²) in [6.07, 6.45) is 0.100. The third kappa shape index (κ3) is 4.40. The van der Waals surface area contributed by atoms with Gasteiger partial charge >= 0.3 is 5.97 Å². The number of esters is 1. The van der Waals surface area contributed by atoms with Crippen molar-refractivity contribution >= 4 is 29.0 Å². The number of benzene rings is 2. The number of hydrogen-bond donors (Lipinski definition) is 1. The summed E-state index contributed by atoms with van der Waals surface area (Å²) in [6, 6.07) is 12.5. The molecule has 1 aromatic heterocycles. The Labute approximate surface area is 188 Å². The molecule has 0 aliphatic carbocycles. The first-order valence-corrected chi connectivity index (χ1v) is 10.7. The lowest BCUT2D eigenvalue weighted by Gasteiger charge is -2.13. The van der Waals surface area contributed by atoms with E-state index in [0.717, 1.165) is 10.4 Å². The van der Waals surface area contributed by atoms with Gasteiger partial charge in [-0.15, -0.1) is 11.3 Å². The second-order valence-electron chi connectivity index (χ2n) is 7.38. The molecule has 32 heavy (non-hydrogen) atoms. The first kappa shape index (κ1) is 21.7. The summed E-state index contributed by atoms with van der Waals surface area (Å²) in [5, 5.41) is 2.82. The molecule has 1 amide bonds. The number of hydrogen-bond acceptors (Lipinski definition) is 6. The average molecular weight is 453 g/mol. The molecule has 0 fully saturated rings. The molecule has 0 unspecified atom stereocenters. The van der Waals surface area contributed by atoms with Gasteiger partial charge < -0.3 is 14.8 Å². The zero-order chi connectivity index (χ0) is 22.8. The standard InChI is InChI=1S/C24H20FNO5S/c1-13(27)20-7-8-21(32-20)19-11-17(25)9-16-10-18(31-22(16)19)12-26-23(28)14-3-5-15(6-4-14)24(29)30-2/h3-9,11,18H,10,12H2,1-2H3,(H,26,28)/t18-/m0/s1. The van der Waals surface area contributed by atoms with Gasteiger partial charge in [-0.3, -0.25) is 9.59 Å². The highest BCUT2D eigenvalue weighted by molar-refractivity contribution is 7.17. The molecule has 164 valence electrons. The number of rotatable bonds is 6. The Morgan fingerprint density at radius 3 is 2.50 bits per heavy atom. The summed E-state index contributed by atoms with van der Waals surface area (Å²) >= 11 is 1.29.